The maximum atomic E-state index is 5.64. The Hall–Kier alpha value is -1.59. The van der Waals surface area contributed by atoms with Crippen LogP contribution in [-0.2, 0) is 22.6 Å². The quantitative estimate of drug-likeness (QED) is 0.569. The molecule has 0 aliphatic carbocycles. The third kappa shape index (κ3) is 7.34. The predicted molar refractivity (Wildman–Crippen MR) is 107 cm³/mol. The van der Waals surface area contributed by atoms with Gasteiger partial charge in [0.15, 0.2) is 5.96 Å². The zero-order chi connectivity index (χ0) is 18.8. The monoisotopic (exact) mass is 361 g/mol. The summed E-state index contributed by atoms with van der Waals surface area (Å²) in [6, 6.07) is 8.58. The van der Waals surface area contributed by atoms with Crippen molar-refractivity contribution in [1.82, 2.24) is 10.2 Å². The van der Waals surface area contributed by atoms with Gasteiger partial charge in [0.2, 0.25) is 0 Å². The van der Waals surface area contributed by atoms with Gasteiger partial charge in [0.25, 0.3) is 0 Å². The Morgan fingerprint density at radius 2 is 1.88 bits per heavy atom. The summed E-state index contributed by atoms with van der Waals surface area (Å²) in [6.45, 7) is 8.42. The fourth-order valence-electron chi connectivity index (χ4n) is 3.10. The zero-order valence-electron chi connectivity index (χ0n) is 16.8. The van der Waals surface area contributed by atoms with Crippen LogP contribution in [0.4, 0.5) is 0 Å². The summed E-state index contributed by atoms with van der Waals surface area (Å²) >= 11 is 0. The number of aliphatic imine (C=N–C) groups is 1. The van der Waals surface area contributed by atoms with E-state index in [1.54, 1.807) is 0 Å². The van der Waals surface area contributed by atoms with Crippen molar-refractivity contribution in [2.75, 3.05) is 33.9 Å². The lowest BCUT2D eigenvalue weighted by Gasteiger charge is -2.26. The molecule has 0 radical (unpaired) electrons. The van der Waals surface area contributed by atoms with E-state index >= 15 is 0 Å². The van der Waals surface area contributed by atoms with Gasteiger partial charge in [-0.15, -0.1) is 0 Å². The van der Waals surface area contributed by atoms with E-state index < -0.39 is 0 Å². The van der Waals surface area contributed by atoms with E-state index in [1.807, 2.05) is 7.05 Å². The first-order chi connectivity index (χ1) is 12.6. The average molecular weight is 362 g/mol. The molecule has 1 heterocycles. The summed E-state index contributed by atoms with van der Waals surface area (Å²) in [4.78, 5) is 6.64. The molecule has 146 valence electrons. The maximum Gasteiger partial charge on any atom is 0.193 e. The van der Waals surface area contributed by atoms with Crippen LogP contribution in [0.25, 0.3) is 0 Å². The normalized spacial score (nSPS) is 16.1. The molecule has 1 saturated heterocycles. The molecule has 26 heavy (non-hydrogen) atoms. The van der Waals surface area contributed by atoms with Crippen molar-refractivity contribution in [3.8, 4) is 0 Å². The molecule has 0 bridgehead atoms. The van der Waals surface area contributed by atoms with Crippen molar-refractivity contribution in [2.45, 2.75) is 52.4 Å². The summed E-state index contributed by atoms with van der Waals surface area (Å²) < 4.78 is 11.1. The minimum atomic E-state index is 0.261. The molecular weight excluding hydrogens is 326 g/mol. The average Bonchev–Trinajstić information content (AvgIpc) is 2.67. The van der Waals surface area contributed by atoms with Crippen LogP contribution < -0.4 is 5.32 Å². The van der Waals surface area contributed by atoms with Crippen LogP contribution in [0.5, 0.6) is 0 Å². The van der Waals surface area contributed by atoms with Gasteiger partial charge in [-0.2, -0.15) is 0 Å². The molecule has 0 aromatic heterocycles. The van der Waals surface area contributed by atoms with Crippen molar-refractivity contribution in [1.29, 1.82) is 0 Å². The molecule has 1 fully saturated rings. The summed E-state index contributed by atoms with van der Waals surface area (Å²) in [5.41, 5.74) is 2.46. The first kappa shape index (κ1) is 20.7. The largest absolute Gasteiger partial charge is 0.381 e. The van der Waals surface area contributed by atoms with Gasteiger partial charge in [-0.3, -0.25) is 4.99 Å². The van der Waals surface area contributed by atoms with Gasteiger partial charge in [-0.25, -0.2) is 0 Å². The van der Waals surface area contributed by atoms with Crippen molar-refractivity contribution in [3.63, 3.8) is 0 Å². The SMILES string of the molecule is CN=C(NCc1ccc(COC(C)C)cc1)N(C)CCC1CCOCC1. The number of nitrogens with one attached hydrogen (secondary N) is 1. The minimum Gasteiger partial charge on any atom is -0.381 e. The molecule has 1 aliphatic heterocycles. The predicted octanol–water partition coefficient (Wildman–Crippen LogP) is 3.44. The van der Waals surface area contributed by atoms with E-state index in [-0.39, 0.29) is 6.10 Å². The van der Waals surface area contributed by atoms with Crippen LogP contribution in [0.1, 0.15) is 44.2 Å². The standard InChI is InChI=1S/C21H35N3O2/c1-17(2)26-16-20-7-5-19(6-8-20)15-23-21(22-3)24(4)12-9-18-10-13-25-14-11-18/h5-8,17-18H,9-16H2,1-4H3,(H,22,23). The van der Waals surface area contributed by atoms with Crippen molar-refractivity contribution in [2.24, 2.45) is 10.9 Å². The third-order valence-corrected chi connectivity index (χ3v) is 4.84. The number of ether oxygens (including phenoxy) is 2. The van der Waals surface area contributed by atoms with E-state index in [2.05, 4.69) is 60.4 Å². The highest BCUT2D eigenvalue weighted by atomic mass is 16.5. The van der Waals surface area contributed by atoms with E-state index in [1.165, 1.54) is 30.4 Å². The summed E-state index contributed by atoms with van der Waals surface area (Å²) in [6.07, 6.45) is 3.83. The molecule has 2 rings (SSSR count). The van der Waals surface area contributed by atoms with E-state index in [0.717, 1.165) is 38.2 Å². The molecule has 0 unspecified atom stereocenters. The summed E-state index contributed by atoms with van der Waals surface area (Å²) in [5.74, 6) is 1.73. The summed E-state index contributed by atoms with van der Waals surface area (Å²) in [7, 11) is 3.96. The van der Waals surface area contributed by atoms with E-state index in [4.69, 9.17) is 9.47 Å². The van der Waals surface area contributed by atoms with Gasteiger partial charge in [-0.05, 0) is 50.2 Å². The Balaban J connectivity index is 1.74. The Morgan fingerprint density at radius 1 is 1.23 bits per heavy atom. The smallest absolute Gasteiger partial charge is 0.193 e. The van der Waals surface area contributed by atoms with Gasteiger partial charge in [-0.1, -0.05) is 24.3 Å². The van der Waals surface area contributed by atoms with Gasteiger partial charge >= 0.3 is 0 Å². The first-order valence-electron chi connectivity index (χ1n) is 9.77. The lowest BCUT2D eigenvalue weighted by Crippen LogP contribution is -2.39. The molecule has 5 heteroatoms. The van der Waals surface area contributed by atoms with Crippen LogP contribution >= 0.6 is 0 Å². The Labute approximate surface area is 158 Å². The zero-order valence-corrected chi connectivity index (χ0v) is 16.8. The number of nitrogens with zero attached hydrogens (tertiary/aromatic N) is 2. The third-order valence-electron chi connectivity index (χ3n) is 4.84. The Morgan fingerprint density at radius 3 is 2.50 bits per heavy atom. The second kappa shape index (κ2) is 11.2. The van der Waals surface area contributed by atoms with Gasteiger partial charge in [0.05, 0.1) is 12.7 Å². The second-order valence-corrected chi connectivity index (χ2v) is 7.34. The fourth-order valence-corrected chi connectivity index (χ4v) is 3.10. The molecule has 5 nitrogen and oxygen atoms in total. The molecule has 0 spiro atoms. The number of guanidine groups is 1. The first-order valence-corrected chi connectivity index (χ1v) is 9.77. The van der Waals surface area contributed by atoms with E-state index in [0.29, 0.717) is 6.61 Å². The van der Waals surface area contributed by atoms with Crippen LogP contribution in [0.3, 0.4) is 0 Å². The highest BCUT2D eigenvalue weighted by molar-refractivity contribution is 5.79. The highest BCUT2D eigenvalue weighted by Crippen LogP contribution is 2.18. The fraction of sp³-hybridized carbons (Fsp3) is 0.667. The van der Waals surface area contributed by atoms with Crippen LogP contribution in [0.15, 0.2) is 29.3 Å². The van der Waals surface area contributed by atoms with Crippen molar-refractivity contribution < 1.29 is 9.47 Å². The molecular formula is C21H35N3O2. The van der Waals surface area contributed by atoms with Crippen LogP contribution in [0.2, 0.25) is 0 Å². The number of rotatable bonds is 8. The number of hydrogen-bond acceptors (Lipinski definition) is 3. The number of benzene rings is 1. The Kier molecular flexibility index (Phi) is 8.92. The molecule has 1 aromatic rings. The lowest BCUT2D eigenvalue weighted by molar-refractivity contribution is 0.0625. The highest BCUT2D eigenvalue weighted by Gasteiger charge is 2.15. The molecule has 1 aliphatic rings. The van der Waals surface area contributed by atoms with Crippen molar-refractivity contribution >= 4 is 5.96 Å². The molecule has 0 atom stereocenters. The molecule has 1 N–H and O–H groups in total. The van der Waals surface area contributed by atoms with Crippen LogP contribution in [-0.4, -0.2) is 50.8 Å². The van der Waals surface area contributed by atoms with Crippen LogP contribution in [0, 0.1) is 5.92 Å². The molecule has 0 saturated carbocycles. The molecule has 0 amide bonds. The summed E-state index contributed by atoms with van der Waals surface area (Å²) in [5, 5.41) is 3.46. The maximum absolute atomic E-state index is 5.64. The van der Waals surface area contributed by atoms with Gasteiger partial charge in [0, 0.05) is 40.4 Å². The lowest BCUT2D eigenvalue weighted by atomic mass is 9.96. The molecule has 1 aromatic carbocycles. The van der Waals surface area contributed by atoms with Crippen molar-refractivity contribution in [3.05, 3.63) is 35.4 Å². The minimum absolute atomic E-state index is 0.261. The van der Waals surface area contributed by atoms with Gasteiger partial charge in [0.1, 0.15) is 0 Å². The topological polar surface area (TPSA) is 46.1 Å². The van der Waals surface area contributed by atoms with E-state index in [9.17, 15) is 0 Å². The number of hydrogen-bond donors (Lipinski definition) is 1. The van der Waals surface area contributed by atoms with Gasteiger partial charge < -0.3 is 19.7 Å². The Bertz CT molecular complexity index is 537. The second-order valence-electron chi connectivity index (χ2n) is 7.34.